The van der Waals surface area contributed by atoms with E-state index in [1.807, 2.05) is 16.9 Å². The molecule has 1 aromatic heterocycles. The Labute approximate surface area is 139 Å². The number of halogens is 3. The van der Waals surface area contributed by atoms with Crippen LogP contribution in [-0.2, 0) is 11.3 Å². The summed E-state index contributed by atoms with van der Waals surface area (Å²) in [5.74, 6) is -0.682. The van der Waals surface area contributed by atoms with Gasteiger partial charge in [0, 0.05) is 31.7 Å². The molecule has 136 valence electrons. The van der Waals surface area contributed by atoms with Crippen molar-refractivity contribution in [1.82, 2.24) is 14.7 Å². The lowest BCUT2D eigenvalue weighted by molar-refractivity contribution is -0.250. The Morgan fingerprint density at radius 1 is 1.38 bits per heavy atom. The van der Waals surface area contributed by atoms with Crippen LogP contribution in [0.25, 0.3) is 0 Å². The molecule has 1 fully saturated rings. The molecule has 1 amide bonds. The molecule has 5 nitrogen and oxygen atoms in total. The molecule has 1 aliphatic heterocycles. The third-order valence-corrected chi connectivity index (χ3v) is 4.38. The van der Waals surface area contributed by atoms with Gasteiger partial charge in [0.2, 0.25) is 5.60 Å². The van der Waals surface area contributed by atoms with E-state index in [4.69, 9.17) is 0 Å². The summed E-state index contributed by atoms with van der Waals surface area (Å²) in [6, 6.07) is 1.93. The zero-order chi connectivity index (χ0) is 18.1. The summed E-state index contributed by atoms with van der Waals surface area (Å²) < 4.78 is 40.2. The molecule has 1 aliphatic rings. The molecule has 24 heavy (non-hydrogen) atoms. The lowest BCUT2D eigenvalue weighted by Gasteiger charge is -2.36. The van der Waals surface area contributed by atoms with Crippen molar-refractivity contribution in [2.45, 2.75) is 57.9 Å². The second-order valence-electron chi connectivity index (χ2n) is 6.99. The number of hydrogen-bond donors (Lipinski definition) is 1. The van der Waals surface area contributed by atoms with Gasteiger partial charge in [-0.15, -0.1) is 0 Å². The van der Waals surface area contributed by atoms with Crippen molar-refractivity contribution in [2.24, 2.45) is 5.92 Å². The fourth-order valence-corrected chi connectivity index (χ4v) is 2.88. The summed E-state index contributed by atoms with van der Waals surface area (Å²) >= 11 is 0. The number of hydrogen-bond acceptors (Lipinski definition) is 3. The first kappa shape index (κ1) is 18.8. The van der Waals surface area contributed by atoms with E-state index < -0.39 is 17.7 Å². The average Bonchev–Trinajstić information content (AvgIpc) is 2.93. The zero-order valence-corrected chi connectivity index (χ0v) is 14.2. The number of carbonyl (C=O) groups is 1. The SMILES string of the molecule is CC(C)Cn1ccc(C2CCN(C(=O)[C@@](C)(O)C(F)(F)F)CC2)n1. The van der Waals surface area contributed by atoms with E-state index in [-0.39, 0.29) is 19.0 Å². The Balaban J connectivity index is 1.96. The first-order chi connectivity index (χ1) is 11.0. The highest BCUT2D eigenvalue weighted by Gasteiger charge is 2.57. The lowest BCUT2D eigenvalue weighted by atomic mass is 9.92. The van der Waals surface area contributed by atoms with Gasteiger partial charge in [0.1, 0.15) is 0 Å². The minimum Gasteiger partial charge on any atom is -0.373 e. The van der Waals surface area contributed by atoms with Crippen molar-refractivity contribution in [3.05, 3.63) is 18.0 Å². The highest BCUT2D eigenvalue weighted by Crippen LogP contribution is 2.34. The van der Waals surface area contributed by atoms with Gasteiger partial charge in [0.05, 0.1) is 5.69 Å². The Hall–Kier alpha value is -1.57. The van der Waals surface area contributed by atoms with Gasteiger partial charge in [-0.3, -0.25) is 9.48 Å². The fraction of sp³-hybridized carbons (Fsp3) is 0.750. The van der Waals surface area contributed by atoms with Crippen molar-refractivity contribution in [2.75, 3.05) is 13.1 Å². The largest absolute Gasteiger partial charge is 0.426 e. The number of aliphatic hydroxyl groups is 1. The van der Waals surface area contributed by atoms with E-state index >= 15 is 0 Å². The Morgan fingerprint density at radius 3 is 2.46 bits per heavy atom. The summed E-state index contributed by atoms with van der Waals surface area (Å²) in [5, 5.41) is 14.0. The van der Waals surface area contributed by atoms with Crippen LogP contribution < -0.4 is 0 Å². The minimum atomic E-state index is -4.98. The van der Waals surface area contributed by atoms with Crippen LogP contribution in [0.2, 0.25) is 0 Å². The summed E-state index contributed by atoms with van der Waals surface area (Å²) in [6.07, 6.45) is -1.99. The topological polar surface area (TPSA) is 58.4 Å². The first-order valence-electron chi connectivity index (χ1n) is 8.14. The van der Waals surface area contributed by atoms with Crippen molar-refractivity contribution in [3.8, 4) is 0 Å². The van der Waals surface area contributed by atoms with Crippen molar-refractivity contribution in [1.29, 1.82) is 0 Å². The van der Waals surface area contributed by atoms with E-state index in [1.165, 1.54) is 0 Å². The number of amides is 1. The van der Waals surface area contributed by atoms with Crippen LogP contribution in [0.4, 0.5) is 13.2 Å². The molecule has 1 aromatic rings. The lowest BCUT2D eigenvalue weighted by Crippen LogP contribution is -2.57. The zero-order valence-electron chi connectivity index (χ0n) is 14.2. The smallest absolute Gasteiger partial charge is 0.373 e. The molecule has 1 N–H and O–H groups in total. The molecule has 0 unspecified atom stereocenters. The van der Waals surface area contributed by atoms with Crippen LogP contribution in [0.1, 0.15) is 45.2 Å². The van der Waals surface area contributed by atoms with Gasteiger partial charge in [-0.2, -0.15) is 18.3 Å². The van der Waals surface area contributed by atoms with Crippen LogP contribution in [0.3, 0.4) is 0 Å². The fourth-order valence-electron chi connectivity index (χ4n) is 2.88. The quantitative estimate of drug-likeness (QED) is 0.911. The summed E-state index contributed by atoms with van der Waals surface area (Å²) in [6.45, 7) is 5.89. The van der Waals surface area contributed by atoms with Crippen LogP contribution in [0.5, 0.6) is 0 Å². The van der Waals surface area contributed by atoms with Gasteiger partial charge in [0.25, 0.3) is 5.91 Å². The Morgan fingerprint density at radius 2 is 1.96 bits per heavy atom. The van der Waals surface area contributed by atoms with Crippen molar-refractivity contribution < 1.29 is 23.1 Å². The normalized spacial score (nSPS) is 19.6. The van der Waals surface area contributed by atoms with E-state index in [2.05, 4.69) is 18.9 Å². The van der Waals surface area contributed by atoms with Crippen LogP contribution in [0, 0.1) is 5.92 Å². The van der Waals surface area contributed by atoms with E-state index in [1.54, 1.807) is 0 Å². The van der Waals surface area contributed by atoms with Gasteiger partial charge in [0.15, 0.2) is 0 Å². The Kier molecular flexibility index (Phi) is 5.27. The molecule has 0 bridgehead atoms. The van der Waals surface area contributed by atoms with E-state index in [0.717, 1.165) is 17.1 Å². The predicted molar refractivity (Wildman–Crippen MR) is 82.3 cm³/mol. The molecule has 2 rings (SSSR count). The number of carbonyl (C=O) groups excluding carboxylic acids is 1. The molecule has 0 aliphatic carbocycles. The summed E-state index contributed by atoms with van der Waals surface area (Å²) in [4.78, 5) is 13.1. The number of piperidine rings is 1. The summed E-state index contributed by atoms with van der Waals surface area (Å²) in [7, 11) is 0. The molecule has 2 heterocycles. The maximum absolute atomic E-state index is 12.8. The predicted octanol–water partition coefficient (Wildman–Crippen LogP) is 2.56. The van der Waals surface area contributed by atoms with Gasteiger partial charge in [-0.25, -0.2) is 0 Å². The van der Waals surface area contributed by atoms with Crippen LogP contribution >= 0.6 is 0 Å². The van der Waals surface area contributed by atoms with Gasteiger partial charge < -0.3 is 10.0 Å². The monoisotopic (exact) mass is 347 g/mol. The van der Waals surface area contributed by atoms with Gasteiger partial charge in [-0.05, 0) is 31.7 Å². The second kappa shape index (κ2) is 6.74. The molecule has 1 saturated heterocycles. The molecule has 1 atom stereocenters. The number of aromatic nitrogens is 2. The minimum absolute atomic E-state index is 0.123. The second-order valence-corrected chi connectivity index (χ2v) is 6.99. The average molecular weight is 347 g/mol. The third-order valence-electron chi connectivity index (χ3n) is 4.38. The van der Waals surface area contributed by atoms with Gasteiger partial charge >= 0.3 is 6.18 Å². The number of likely N-dealkylation sites (tertiary alicyclic amines) is 1. The first-order valence-corrected chi connectivity index (χ1v) is 8.14. The maximum Gasteiger partial charge on any atom is 0.426 e. The maximum atomic E-state index is 12.8. The highest BCUT2D eigenvalue weighted by molar-refractivity contribution is 5.85. The molecule has 0 saturated carbocycles. The molecule has 0 radical (unpaired) electrons. The van der Waals surface area contributed by atoms with E-state index in [9.17, 15) is 23.1 Å². The Bertz CT molecular complexity index is 573. The van der Waals surface area contributed by atoms with Crippen LogP contribution in [0.15, 0.2) is 12.3 Å². The highest BCUT2D eigenvalue weighted by atomic mass is 19.4. The summed E-state index contributed by atoms with van der Waals surface area (Å²) in [5.41, 5.74) is -2.43. The molecule has 0 aromatic carbocycles. The molecule has 0 spiro atoms. The van der Waals surface area contributed by atoms with Crippen molar-refractivity contribution in [3.63, 3.8) is 0 Å². The van der Waals surface area contributed by atoms with Crippen molar-refractivity contribution >= 4 is 5.91 Å². The molecular formula is C16H24F3N3O2. The number of nitrogens with zero attached hydrogens (tertiary/aromatic N) is 3. The van der Waals surface area contributed by atoms with Crippen LogP contribution in [-0.4, -0.2) is 50.6 Å². The number of rotatable bonds is 4. The van der Waals surface area contributed by atoms with Gasteiger partial charge in [-0.1, -0.05) is 13.8 Å². The molecule has 8 heteroatoms. The standard InChI is InChI=1S/C16H24F3N3O2/c1-11(2)10-22-9-6-13(20-22)12-4-7-21(8-5-12)14(23)15(3,24)16(17,18)19/h6,9,11-12,24H,4-5,7-8,10H2,1-3H3/t15-/m1/s1. The molecular weight excluding hydrogens is 323 g/mol. The number of alkyl halides is 3. The van der Waals surface area contributed by atoms with E-state index in [0.29, 0.717) is 25.7 Å². The third kappa shape index (κ3) is 3.91.